The van der Waals surface area contributed by atoms with Crippen molar-refractivity contribution in [2.24, 2.45) is 0 Å². The van der Waals surface area contributed by atoms with Gasteiger partial charge in [0.15, 0.2) is 0 Å². The molecule has 24 heavy (non-hydrogen) atoms. The van der Waals surface area contributed by atoms with Crippen LogP contribution in [0.15, 0.2) is 42.7 Å². The molecule has 5 heteroatoms. The molecule has 1 atom stereocenters. The van der Waals surface area contributed by atoms with Gasteiger partial charge in [0.05, 0.1) is 15.5 Å². The first-order chi connectivity index (χ1) is 11.4. The van der Waals surface area contributed by atoms with Gasteiger partial charge in [-0.1, -0.05) is 29.3 Å². The Morgan fingerprint density at radius 2 is 1.88 bits per heavy atom. The SMILES string of the molecule is CC(C)(C(=O)N1CCC(c2ccncc2)C1)c1ccc(Cl)c(Cl)c1. The van der Waals surface area contributed by atoms with Crippen LogP contribution >= 0.6 is 23.2 Å². The number of carbonyl (C=O) groups excluding carboxylic acids is 1. The smallest absolute Gasteiger partial charge is 0.232 e. The van der Waals surface area contributed by atoms with E-state index in [2.05, 4.69) is 4.98 Å². The van der Waals surface area contributed by atoms with Gasteiger partial charge in [0.1, 0.15) is 0 Å². The van der Waals surface area contributed by atoms with Crippen LogP contribution in [-0.4, -0.2) is 28.9 Å². The van der Waals surface area contributed by atoms with E-state index < -0.39 is 5.41 Å². The van der Waals surface area contributed by atoms with Gasteiger partial charge in [0.2, 0.25) is 5.91 Å². The van der Waals surface area contributed by atoms with E-state index in [1.54, 1.807) is 24.5 Å². The molecule has 0 aliphatic carbocycles. The summed E-state index contributed by atoms with van der Waals surface area (Å²) in [4.78, 5) is 19.1. The number of hydrogen-bond acceptors (Lipinski definition) is 2. The molecule has 0 spiro atoms. The van der Waals surface area contributed by atoms with Gasteiger partial charge in [-0.2, -0.15) is 0 Å². The second kappa shape index (κ2) is 6.73. The molecule has 126 valence electrons. The van der Waals surface area contributed by atoms with Crippen LogP contribution in [0.5, 0.6) is 0 Å². The van der Waals surface area contributed by atoms with Crippen LogP contribution < -0.4 is 0 Å². The molecule has 1 fully saturated rings. The molecule has 1 aliphatic heterocycles. The topological polar surface area (TPSA) is 33.2 Å². The van der Waals surface area contributed by atoms with Crippen molar-refractivity contribution < 1.29 is 4.79 Å². The van der Waals surface area contributed by atoms with Crippen molar-refractivity contribution in [1.82, 2.24) is 9.88 Å². The van der Waals surface area contributed by atoms with Crippen LogP contribution in [0.2, 0.25) is 10.0 Å². The molecule has 1 aliphatic rings. The van der Waals surface area contributed by atoms with Gasteiger partial charge in [-0.15, -0.1) is 0 Å². The lowest BCUT2D eigenvalue weighted by Crippen LogP contribution is -2.42. The van der Waals surface area contributed by atoms with Crippen molar-refractivity contribution in [3.63, 3.8) is 0 Å². The van der Waals surface area contributed by atoms with Gasteiger partial charge in [0.25, 0.3) is 0 Å². The highest BCUT2D eigenvalue weighted by molar-refractivity contribution is 6.42. The normalized spacial score (nSPS) is 18.0. The fourth-order valence-electron chi connectivity index (χ4n) is 3.26. The molecule has 1 amide bonds. The summed E-state index contributed by atoms with van der Waals surface area (Å²) in [5, 5.41) is 0.980. The van der Waals surface area contributed by atoms with E-state index in [1.807, 2.05) is 36.9 Å². The summed E-state index contributed by atoms with van der Waals surface area (Å²) in [5.74, 6) is 0.499. The Morgan fingerprint density at radius 1 is 1.17 bits per heavy atom. The largest absolute Gasteiger partial charge is 0.341 e. The Hall–Kier alpha value is -1.58. The van der Waals surface area contributed by atoms with Crippen LogP contribution in [0.3, 0.4) is 0 Å². The Morgan fingerprint density at radius 3 is 2.54 bits per heavy atom. The van der Waals surface area contributed by atoms with Gasteiger partial charge >= 0.3 is 0 Å². The van der Waals surface area contributed by atoms with Crippen LogP contribution in [0.1, 0.15) is 37.3 Å². The first-order valence-electron chi connectivity index (χ1n) is 8.04. The third-order valence-corrected chi connectivity index (χ3v) is 5.57. The number of nitrogens with zero attached hydrogens (tertiary/aromatic N) is 2. The minimum Gasteiger partial charge on any atom is -0.341 e. The number of pyridine rings is 1. The molecule has 0 radical (unpaired) electrons. The first-order valence-corrected chi connectivity index (χ1v) is 8.80. The molecule has 2 heterocycles. The maximum atomic E-state index is 13.1. The molecule has 0 saturated carbocycles. The van der Waals surface area contributed by atoms with Crippen LogP contribution in [0.25, 0.3) is 0 Å². The summed E-state index contributed by atoms with van der Waals surface area (Å²) in [6, 6.07) is 9.48. The van der Waals surface area contributed by atoms with Crippen LogP contribution in [0.4, 0.5) is 0 Å². The molecule has 1 aromatic heterocycles. The standard InChI is InChI=1S/C19H20Cl2N2O/c1-19(2,15-3-4-16(20)17(21)11-15)18(24)23-10-7-14(12-23)13-5-8-22-9-6-13/h3-6,8-9,11,14H,7,10,12H2,1-2H3. The molecule has 0 N–H and O–H groups in total. The number of amides is 1. The van der Waals surface area contributed by atoms with E-state index >= 15 is 0 Å². The highest BCUT2D eigenvalue weighted by Crippen LogP contribution is 2.34. The molecule has 3 nitrogen and oxygen atoms in total. The third kappa shape index (κ3) is 3.28. The highest BCUT2D eigenvalue weighted by Gasteiger charge is 2.37. The maximum absolute atomic E-state index is 13.1. The predicted molar refractivity (Wildman–Crippen MR) is 97.7 cm³/mol. The zero-order valence-corrected chi connectivity index (χ0v) is 15.3. The van der Waals surface area contributed by atoms with Crippen LogP contribution in [-0.2, 0) is 10.2 Å². The summed E-state index contributed by atoms with van der Waals surface area (Å²) >= 11 is 12.1. The molecular formula is C19H20Cl2N2O. The maximum Gasteiger partial charge on any atom is 0.232 e. The Balaban J connectivity index is 1.77. The van der Waals surface area contributed by atoms with Crippen molar-refractivity contribution in [3.05, 3.63) is 63.9 Å². The second-order valence-electron chi connectivity index (χ2n) is 6.77. The lowest BCUT2D eigenvalue weighted by atomic mass is 9.83. The molecule has 1 aromatic carbocycles. The van der Waals surface area contributed by atoms with E-state index in [-0.39, 0.29) is 5.91 Å². The van der Waals surface area contributed by atoms with Crippen molar-refractivity contribution in [1.29, 1.82) is 0 Å². The van der Waals surface area contributed by atoms with E-state index in [0.29, 0.717) is 16.0 Å². The molecule has 1 unspecified atom stereocenters. The number of halogens is 2. The third-order valence-electron chi connectivity index (χ3n) is 4.83. The van der Waals surface area contributed by atoms with Gasteiger partial charge in [0, 0.05) is 31.4 Å². The quantitative estimate of drug-likeness (QED) is 0.793. The number of rotatable bonds is 3. The average Bonchev–Trinajstić information content (AvgIpc) is 3.07. The highest BCUT2D eigenvalue weighted by atomic mass is 35.5. The number of benzene rings is 1. The number of likely N-dealkylation sites (tertiary alicyclic amines) is 1. The lowest BCUT2D eigenvalue weighted by Gasteiger charge is -2.30. The van der Waals surface area contributed by atoms with Crippen molar-refractivity contribution in [3.8, 4) is 0 Å². The molecule has 1 saturated heterocycles. The molecule has 0 bridgehead atoms. The van der Waals surface area contributed by atoms with E-state index in [4.69, 9.17) is 23.2 Å². The Kier molecular flexibility index (Phi) is 4.84. The molecular weight excluding hydrogens is 343 g/mol. The first kappa shape index (κ1) is 17.2. The summed E-state index contributed by atoms with van der Waals surface area (Å²) < 4.78 is 0. The van der Waals surface area contributed by atoms with E-state index in [0.717, 1.165) is 25.1 Å². The second-order valence-corrected chi connectivity index (χ2v) is 7.59. The summed E-state index contributed by atoms with van der Waals surface area (Å²) in [6.45, 7) is 5.40. The van der Waals surface area contributed by atoms with Gasteiger partial charge in [-0.3, -0.25) is 9.78 Å². The van der Waals surface area contributed by atoms with Crippen molar-refractivity contribution in [2.75, 3.05) is 13.1 Å². The van der Waals surface area contributed by atoms with Crippen LogP contribution in [0, 0.1) is 0 Å². The number of hydrogen-bond donors (Lipinski definition) is 0. The Labute approximate surface area is 152 Å². The summed E-state index contributed by atoms with van der Waals surface area (Å²) in [6.07, 6.45) is 4.59. The van der Waals surface area contributed by atoms with Crippen molar-refractivity contribution in [2.45, 2.75) is 31.6 Å². The van der Waals surface area contributed by atoms with Gasteiger partial charge in [-0.05, 0) is 55.7 Å². The van der Waals surface area contributed by atoms with E-state index in [1.165, 1.54) is 5.56 Å². The lowest BCUT2D eigenvalue weighted by molar-refractivity contribution is -0.135. The Bertz CT molecular complexity index is 746. The van der Waals surface area contributed by atoms with Gasteiger partial charge in [-0.25, -0.2) is 0 Å². The predicted octanol–water partition coefficient (Wildman–Crippen LogP) is 4.68. The number of aromatic nitrogens is 1. The summed E-state index contributed by atoms with van der Waals surface area (Å²) in [5.41, 5.74) is 1.49. The zero-order valence-electron chi connectivity index (χ0n) is 13.8. The summed E-state index contributed by atoms with van der Waals surface area (Å²) in [7, 11) is 0. The monoisotopic (exact) mass is 362 g/mol. The average molecular weight is 363 g/mol. The molecule has 2 aromatic rings. The zero-order chi connectivity index (χ0) is 17.3. The fraction of sp³-hybridized carbons (Fsp3) is 0.368. The van der Waals surface area contributed by atoms with Gasteiger partial charge < -0.3 is 4.90 Å². The van der Waals surface area contributed by atoms with E-state index in [9.17, 15) is 4.79 Å². The minimum atomic E-state index is -0.638. The molecule has 3 rings (SSSR count). The minimum absolute atomic E-state index is 0.123. The number of carbonyl (C=O) groups is 1. The fourth-order valence-corrected chi connectivity index (χ4v) is 3.55. The van der Waals surface area contributed by atoms with Crippen molar-refractivity contribution >= 4 is 29.1 Å².